The number of hydrogen-bond acceptors (Lipinski definition) is 5. The van der Waals surface area contributed by atoms with Gasteiger partial charge in [0.1, 0.15) is 5.75 Å². The molecule has 0 heterocycles. The number of aliphatic hydroxyl groups excluding tert-OH is 1. The summed E-state index contributed by atoms with van der Waals surface area (Å²) in [5.41, 5.74) is 0.844. The number of non-ortho nitro benzene ring substituents is 1. The highest BCUT2D eigenvalue weighted by atomic mass is 16.6. The lowest BCUT2D eigenvalue weighted by Crippen LogP contribution is -2.08. The van der Waals surface area contributed by atoms with Gasteiger partial charge in [0.05, 0.1) is 11.5 Å². The summed E-state index contributed by atoms with van der Waals surface area (Å²) in [6, 6.07) is 4.61. The standard InChI is InChI=1S/C13H20N2O4/c1-14-10-11-9-12(15(17)18)5-6-13(11)19-8-4-2-3-7-16/h5-6,9,14,16H,2-4,7-8,10H2,1H3. The summed E-state index contributed by atoms with van der Waals surface area (Å²) in [7, 11) is 1.78. The number of benzene rings is 1. The van der Waals surface area contributed by atoms with E-state index in [1.54, 1.807) is 13.1 Å². The minimum absolute atomic E-state index is 0.0675. The van der Waals surface area contributed by atoms with Crippen molar-refractivity contribution in [3.05, 3.63) is 33.9 Å². The van der Waals surface area contributed by atoms with Gasteiger partial charge >= 0.3 is 0 Å². The van der Waals surface area contributed by atoms with E-state index in [1.165, 1.54) is 12.1 Å². The first-order valence-electron chi connectivity index (χ1n) is 6.34. The monoisotopic (exact) mass is 268 g/mol. The second-order valence-corrected chi connectivity index (χ2v) is 4.21. The predicted octanol–water partition coefficient (Wildman–Crippen LogP) is 1.86. The van der Waals surface area contributed by atoms with Crippen LogP contribution in [0.4, 0.5) is 5.69 Å². The highest BCUT2D eigenvalue weighted by molar-refractivity contribution is 5.43. The van der Waals surface area contributed by atoms with E-state index in [0.717, 1.165) is 24.8 Å². The Morgan fingerprint density at radius 2 is 2.16 bits per heavy atom. The van der Waals surface area contributed by atoms with Crippen molar-refractivity contribution in [3.8, 4) is 5.75 Å². The average molecular weight is 268 g/mol. The van der Waals surface area contributed by atoms with Gasteiger partial charge in [-0.1, -0.05) is 0 Å². The van der Waals surface area contributed by atoms with Crippen LogP contribution in [0.25, 0.3) is 0 Å². The topological polar surface area (TPSA) is 84.6 Å². The summed E-state index contributed by atoms with van der Waals surface area (Å²) in [5.74, 6) is 0.670. The normalized spacial score (nSPS) is 10.4. The third-order valence-electron chi connectivity index (χ3n) is 2.68. The number of hydrogen-bond donors (Lipinski definition) is 2. The van der Waals surface area contributed by atoms with Crippen molar-refractivity contribution in [1.29, 1.82) is 0 Å². The molecular formula is C13H20N2O4. The molecule has 0 fully saturated rings. The first kappa shape index (κ1) is 15.4. The molecule has 0 amide bonds. The number of nitrogens with one attached hydrogen (secondary N) is 1. The quantitative estimate of drug-likeness (QED) is 0.405. The first-order valence-corrected chi connectivity index (χ1v) is 6.34. The molecule has 0 atom stereocenters. The second kappa shape index (κ2) is 8.44. The minimum atomic E-state index is -0.413. The molecule has 1 rings (SSSR count). The fourth-order valence-electron chi connectivity index (χ4n) is 1.72. The van der Waals surface area contributed by atoms with Crippen LogP contribution < -0.4 is 10.1 Å². The van der Waals surface area contributed by atoms with E-state index in [-0.39, 0.29) is 12.3 Å². The van der Waals surface area contributed by atoms with Crippen LogP contribution in [-0.2, 0) is 6.54 Å². The van der Waals surface area contributed by atoms with E-state index in [2.05, 4.69) is 5.32 Å². The van der Waals surface area contributed by atoms with Gasteiger partial charge in [0, 0.05) is 30.8 Å². The number of nitro benzene ring substituents is 1. The lowest BCUT2D eigenvalue weighted by atomic mass is 10.1. The molecular weight excluding hydrogens is 248 g/mol. The van der Waals surface area contributed by atoms with Crippen molar-refractivity contribution >= 4 is 5.69 Å². The van der Waals surface area contributed by atoms with Crippen LogP contribution >= 0.6 is 0 Å². The molecule has 0 aliphatic rings. The SMILES string of the molecule is CNCc1cc([N+](=O)[O-])ccc1OCCCCCO. The molecule has 0 radical (unpaired) electrons. The molecule has 0 saturated carbocycles. The van der Waals surface area contributed by atoms with Gasteiger partial charge in [0.2, 0.25) is 0 Å². The van der Waals surface area contributed by atoms with Gasteiger partial charge in [-0.15, -0.1) is 0 Å². The smallest absolute Gasteiger partial charge is 0.270 e. The van der Waals surface area contributed by atoms with Gasteiger partial charge in [-0.05, 0) is 32.4 Å². The molecule has 0 aliphatic heterocycles. The number of nitro groups is 1. The summed E-state index contributed by atoms with van der Waals surface area (Å²) >= 11 is 0. The Morgan fingerprint density at radius 3 is 2.79 bits per heavy atom. The Hall–Kier alpha value is -1.66. The zero-order valence-electron chi connectivity index (χ0n) is 11.1. The zero-order valence-corrected chi connectivity index (χ0v) is 11.1. The first-order chi connectivity index (χ1) is 9.19. The summed E-state index contributed by atoms with van der Waals surface area (Å²) in [6.07, 6.45) is 2.54. The summed E-state index contributed by atoms with van der Waals surface area (Å²) < 4.78 is 5.63. The summed E-state index contributed by atoms with van der Waals surface area (Å²) in [4.78, 5) is 10.3. The lowest BCUT2D eigenvalue weighted by molar-refractivity contribution is -0.384. The number of rotatable bonds is 9. The van der Waals surface area contributed by atoms with E-state index in [9.17, 15) is 10.1 Å². The number of aliphatic hydroxyl groups is 1. The van der Waals surface area contributed by atoms with Gasteiger partial charge in [-0.2, -0.15) is 0 Å². The van der Waals surface area contributed by atoms with E-state index in [0.29, 0.717) is 18.9 Å². The largest absolute Gasteiger partial charge is 0.493 e. The Kier molecular flexibility index (Phi) is 6.84. The molecule has 0 bridgehead atoms. The van der Waals surface area contributed by atoms with Crippen LogP contribution in [0.2, 0.25) is 0 Å². The van der Waals surface area contributed by atoms with Gasteiger partial charge in [-0.3, -0.25) is 10.1 Å². The number of unbranched alkanes of at least 4 members (excludes halogenated alkanes) is 2. The maximum Gasteiger partial charge on any atom is 0.270 e. The Balaban J connectivity index is 2.62. The number of ether oxygens (including phenoxy) is 1. The van der Waals surface area contributed by atoms with Crippen molar-refractivity contribution < 1.29 is 14.8 Å². The molecule has 2 N–H and O–H groups in total. The predicted molar refractivity (Wildman–Crippen MR) is 72.3 cm³/mol. The molecule has 0 spiro atoms. The Bertz CT molecular complexity index is 410. The molecule has 0 aliphatic carbocycles. The highest BCUT2D eigenvalue weighted by Gasteiger charge is 2.11. The van der Waals surface area contributed by atoms with Crippen LogP contribution in [0.1, 0.15) is 24.8 Å². The van der Waals surface area contributed by atoms with Gasteiger partial charge in [0.15, 0.2) is 0 Å². The third kappa shape index (κ3) is 5.23. The molecule has 1 aromatic rings. The molecule has 0 saturated heterocycles. The lowest BCUT2D eigenvalue weighted by Gasteiger charge is -2.11. The van der Waals surface area contributed by atoms with Crippen molar-refractivity contribution in [2.24, 2.45) is 0 Å². The zero-order chi connectivity index (χ0) is 14.1. The van der Waals surface area contributed by atoms with E-state index < -0.39 is 4.92 Å². The minimum Gasteiger partial charge on any atom is -0.493 e. The summed E-state index contributed by atoms with van der Waals surface area (Å²) in [5, 5.41) is 22.4. The van der Waals surface area contributed by atoms with Crippen LogP contribution in [0.5, 0.6) is 5.75 Å². The van der Waals surface area contributed by atoms with Gasteiger partial charge < -0.3 is 15.2 Å². The maximum atomic E-state index is 10.7. The van der Waals surface area contributed by atoms with Crippen LogP contribution in [-0.4, -0.2) is 30.3 Å². The van der Waals surface area contributed by atoms with Crippen molar-refractivity contribution in [2.75, 3.05) is 20.3 Å². The van der Waals surface area contributed by atoms with Crippen molar-refractivity contribution in [2.45, 2.75) is 25.8 Å². The Labute approximate surface area is 112 Å². The molecule has 6 nitrogen and oxygen atoms in total. The molecule has 19 heavy (non-hydrogen) atoms. The fraction of sp³-hybridized carbons (Fsp3) is 0.538. The average Bonchev–Trinajstić information content (AvgIpc) is 2.40. The molecule has 1 aromatic carbocycles. The van der Waals surface area contributed by atoms with Crippen LogP contribution in [0.3, 0.4) is 0 Å². The van der Waals surface area contributed by atoms with Crippen LogP contribution in [0.15, 0.2) is 18.2 Å². The summed E-state index contributed by atoms with van der Waals surface area (Å²) in [6.45, 7) is 1.27. The number of nitrogens with zero attached hydrogens (tertiary/aromatic N) is 1. The highest BCUT2D eigenvalue weighted by Crippen LogP contribution is 2.24. The molecule has 0 aromatic heterocycles. The fourth-order valence-corrected chi connectivity index (χ4v) is 1.72. The second-order valence-electron chi connectivity index (χ2n) is 4.21. The van der Waals surface area contributed by atoms with Crippen molar-refractivity contribution in [1.82, 2.24) is 5.32 Å². The van der Waals surface area contributed by atoms with E-state index >= 15 is 0 Å². The van der Waals surface area contributed by atoms with Crippen molar-refractivity contribution in [3.63, 3.8) is 0 Å². The maximum absolute atomic E-state index is 10.7. The molecule has 6 heteroatoms. The van der Waals surface area contributed by atoms with Gasteiger partial charge in [0.25, 0.3) is 5.69 Å². The van der Waals surface area contributed by atoms with E-state index in [1.807, 2.05) is 0 Å². The molecule has 0 unspecified atom stereocenters. The third-order valence-corrected chi connectivity index (χ3v) is 2.68. The Morgan fingerprint density at radius 1 is 1.37 bits per heavy atom. The van der Waals surface area contributed by atoms with Gasteiger partial charge in [-0.25, -0.2) is 0 Å². The van der Waals surface area contributed by atoms with E-state index in [4.69, 9.17) is 9.84 Å². The molecule has 106 valence electrons. The van der Waals surface area contributed by atoms with Crippen LogP contribution in [0, 0.1) is 10.1 Å².